The van der Waals surface area contributed by atoms with Crippen molar-refractivity contribution in [3.63, 3.8) is 0 Å². The monoisotopic (exact) mass is 423 g/mol. The van der Waals surface area contributed by atoms with Crippen molar-refractivity contribution in [1.29, 1.82) is 0 Å². The molecule has 0 unspecified atom stereocenters. The Labute approximate surface area is 182 Å². The second-order valence-corrected chi connectivity index (χ2v) is 8.27. The highest BCUT2D eigenvalue weighted by Crippen LogP contribution is 2.29. The van der Waals surface area contributed by atoms with E-state index in [9.17, 15) is 4.79 Å². The van der Waals surface area contributed by atoms with Gasteiger partial charge in [-0.15, -0.1) is 0 Å². The van der Waals surface area contributed by atoms with Crippen molar-refractivity contribution < 1.29 is 9.32 Å². The highest BCUT2D eigenvalue weighted by molar-refractivity contribution is 6.30. The SMILES string of the molecule is CCCCc1ccc(C(=O)N2CCC(c3nc(-c4cccc(Cl)c4)no3)CC2)cc1. The van der Waals surface area contributed by atoms with E-state index in [0.29, 0.717) is 29.8 Å². The third-order valence-corrected chi connectivity index (χ3v) is 5.91. The van der Waals surface area contributed by atoms with Gasteiger partial charge in [0.25, 0.3) is 5.91 Å². The van der Waals surface area contributed by atoms with E-state index in [1.807, 2.05) is 41.3 Å². The molecule has 30 heavy (non-hydrogen) atoms. The molecule has 0 aliphatic carbocycles. The van der Waals surface area contributed by atoms with E-state index in [-0.39, 0.29) is 11.8 Å². The Hall–Kier alpha value is -2.66. The standard InChI is InChI=1S/C24H26ClN3O2/c1-2-3-5-17-8-10-19(11-9-17)24(29)28-14-12-18(13-15-28)23-26-22(27-30-23)20-6-4-7-21(25)16-20/h4,6-11,16,18H,2-3,5,12-15H2,1H3. The van der Waals surface area contributed by atoms with Gasteiger partial charge >= 0.3 is 0 Å². The lowest BCUT2D eigenvalue weighted by atomic mass is 9.96. The first kappa shape index (κ1) is 20.6. The molecular weight excluding hydrogens is 398 g/mol. The van der Waals surface area contributed by atoms with Crippen molar-refractivity contribution in [1.82, 2.24) is 15.0 Å². The van der Waals surface area contributed by atoms with Crippen molar-refractivity contribution in [2.24, 2.45) is 0 Å². The third-order valence-electron chi connectivity index (χ3n) is 5.68. The smallest absolute Gasteiger partial charge is 0.253 e. The lowest BCUT2D eigenvalue weighted by Crippen LogP contribution is -2.38. The number of nitrogens with zero attached hydrogens (tertiary/aromatic N) is 3. The van der Waals surface area contributed by atoms with Crippen molar-refractivity contribution in [3.8, 4) is 11.4 Å². The summed E-state index contributed by atoms with van der Waals surface area (Å²) in [6.45, 7) is 3.57. The Bertz CT molecular complexity index is 992. The van der Waals surface area contributed by atoms with Gasteiger partial charge in [-0.1, -0.05) is 54.4 Å². The van der Waals surface area contributed by atoms with Gasteiger partial charge in [0, 0.05) is 35.2 Å². The summed E-state index contributed by atoms with van der Waals surface area (Å²) in [7, 11) is 0. The normalized spacial score (nSPS) is 14.8. The van der Waals surface area contributed by atoms with Crippen LogP contribution in [0.5, 0.6) is 0 Å². The van der Waals surface area contributed by atoms with E-state index in [1.165, 1.54) is 18.4 Å². The predicted octanol–water partition coefficient (Wildman–Crippen LogP) is 5.75. The van der Waals surface area contributed by atoms with Gasteiger partial charge in [0.1, 0.15) is 0 Å². The number of aryl methyl sites for hydroxylation is 1. The summed E-state index contributed by atoms with van der Waals surface area (Å²) in [6, 6.07) is 15.5. The first-order valence-corrected chi connectivity index (χ1v) is 11.0. The molecule has 1 aliphatic heterocycles. The molecule has 0 radical (unpaired) electrons. The lowest BCUT2D eigenvalue weighted by molar-refractivity contribution is 0.0704. The molecule has 5 nitrogen and oxygen atoms in total. The van der Waals surface area contributed by atoms with Crippen molar-refractivity contribution in [2.75, 3.05) is 13.1 Å². The van der Waals surface area contributed by atoms with Gasteiger partial charge in [-0.05, 0) is 55.5 Å². The van der Waals surface area contributed by atoms with Crippen LogP contribution in [0.25, 0.3) is 11.4 Å². The Morgan fingerprint density at radius 3 is 2.63 bits per heavy atom. The first-order valence-electron chi connectivity index (χ1n) is 10.6. The van der Waals surface area contributed by atoms with E-state index < -0.39 is 0 Å². The zero-order valence-corrected chi connectivity index (χ0v) is 17.9. The Morgan fingerprint density at radius 2 is 1.93 bits per heavy atom. The molecule has 0 N–H and O–H groups in total. The number of likely N-dealkylation sites (tertiary alicyclic amines) is 1. The average molecular weight is 424 g/mol. The summed E-state index contributed by atoms with van der Waals surface area (Å²) in [5, 5.41) is 4.75. The topological polar surface area (TPSA) is 59.2 Å². The fourth-order valence-electron chi connectivity index (χ4n) is 3.85. The van der Waals surface area contributed by atoms with Crippen LogP contribution in [0.15, 0.2) is 53.1 Å². The van der Waals surface area contributed by atoms with Gasteiger partial charge < -0.3 is 9.42 Å². The molecule has 4 rings (SSSR count). The molecule has 0 saturated carbocycles. The Balaban J connectivity index is 1.35. The second kappa shape index (κ2) is 9.43. The average Bonchev–Trinajstić information content (AvgIpc) is 3.28. The number of carbonyl (C=O) groups excluding carboxylic acids is 1. The quantitative estimate of drug-likeness (QED) is 0.506. The summed E-state index contributed by atoms with van der Waals surface area (Å²) < 4.78 is 5.52. The molecule has 6 heteroatoms. The number of hydrogen-bond donors (Lipinski definition) is 0. The number of aromatic nitrogens is 2. The van der Waals surface area contributed by atoms with Crippen LogP contribution in [-0.2, 0) is 6.42 Å². The summed E-state index contributed by atoms with van der Waals surface area (Å²) in [6.07, 6.45) is 5.05. The molecule has 1 aliphatic rings. The van der Waals surface area contributed by atoms with Crippen LogP contribution in [0, 0.1) is 0 Å². The fraction of sp³-hybridized carbons (Fsp3) is 0.375. The molecule has 156 valence electrons. The molecule has 0 spiro atoms. The summed E-state index contributed by atoms with van der Waals surface area (Å²) >= 11 is 6.05. The van der Waals surface area contributed by atoms with E-state index in [2.05, 4.69) is 29.2 Å². The fourth-order valence-corrected chi connectivity index (χ4v) is 4.04. The molecule has 2 heterocycles. The summed E-state index contributed by atoms with van der Waals surface area (Å²) in [5.74, 6) is 1.46. The number of rotatable bonds is 6. The molecular formula is C24H26ClN3O2. The molecule has 3 aromatic rings. The Morgan fingerprint density at radius 1 is 1.17 bits per heavy atom. The zero-order chi connectivity index (χ0) is 20.9. The van der Waals surface area contributed by atoms with Gasteiger partial charge in [-0.3, -0.25) is 4.79 Å². The van der Waals surface area contributed by atoms with E-state index >= 15 is 0 Å². The first-order chi connectivity index (χ1) is 14.6. The maximum atomic E-state index is 12.9. The van der Waals surface area contributed by atoms with Crippen molar-refractivity contribution in [3.05, 3.63) is 70.6 Å². The minimum atomic E-state index is 0.0978. The number of piperidine rings is 1. The van der Waals surface area contributed by atoms with Gasteiger partial charge in [0.2, 0.25) is 11.7 Å². The van der Waals surface area contributed by atoms with Crippen LogP contribution in [-0.4, -0.2) is 34.0 Å². The maximum Gasteiger partial charge on any atom is 0.253 e. The molecule has 1 amide bonds. The highest BCUT2D eigenvalue weighted by Gasteiger charge is 2.28. The third kappa shape index (κ3) is 4.73. The van der Waals surface area contributed by atoms with Crippen LogP contribution >= 0.6 is 11.6 Å². The van der Waals surface area contributed by atoms with Crippen LogP contribution in [0.3, 0.4) is 0 Å². The van der Waals surface area contributed by atoms with Crippen LogP contribution < -0.4 is 0 Å². The van der Waals surface area contributed by atoms with Crippen LogP contribution in [0.2, 0.25) is 5.02 Å². The predicted molar refractivity (Wildman–Crippen MR) is 118 cm³/mol. The number of halogens is 1. The highest BCUT2D eigenvalue weighted by atomic mass is 35.5. The van der Waals surface area contributed by atoms with E-state index in [0.717, 1.165) is 30.4 Å². The van der Waals surface area contributed by atoms with Crippen LogP contribution in [0.1, 0.15) is 60.3 Å². The molecule has 0 atom stereocenters. The van der Waals surface area contributed by atoms with Gasteiger partial charge in [-0.2, -0.15) is 4.98 Å². The Kier molecular flexibility index (Phi) is 6.48. The molecule has 1 aromatic heterocycles. The molecule has 0 bridgehead atoms. The number of carbonyl (C=O) groups is 1. The summed E-state index contributed by atoms with van der Waals surface area (Å²) in [5.41, 5.74) is 2.89. The van der Waals surface area contributed by atoms with Crippen molar-refractivity contribution >= 4 is 17.5 Å². The molecule has 1 fully saturated rings. The van der Waals surface area contributed by atoms with Gasteiger partial charge in [0.15, 0.2) is 0 Å². The van der Waals surface area contributed by atoms with E-state index in [1.54, 1.807) is 0 Å². The number of unbranched alkanes of at least 4 members (excludes halogenated alkanes) is 1. The molecule has 2 aromatic carbocycles. The number of amides is 1. The maximum absolute atomic E-state index is 12.9. The van der Waals surface area contributed by atoms with Crippen molar-refractivity contribution in [2.45, 2.75) is 44.9 Å². The zero-order valence-electron chi connectivity index (χ0n) is 17.2. The molecule has 1 saturated heterocycles. The van der Waals surface area contributed by atoms with Gasteiger partial charge in [-0.25, -0.2) is 0 Å². The lowest BCUT2D eigenvalue weighted by Gasteiger charge is -2.30. The second-order valence-electron chi connectivity index (χ2n) is 7.83. The number of benzene rings is 2. The largest absolute Gasteiger partial charge is 0.339 e. The van der Waals surface area contributed by atoms with Crippen LogP contribution in [0.4, 0.5) is 0 Å². The minimum absolute atomic E-state index is 0.0978. The van der Waals surface area contributed by atoms with Gasteiger partial charge in [0.05, 0.1) is 0 Å². The number of hydrogen-bond acceptors (Lipinski definition) is 4. The minimum Gasteiger partial charge on any atom is -0.339 e. The summed E-state index contributed by atoms with van der Waals surface area (Å²) in [4.78, 5) is 19.3. The van der Waals surface area contributed by atoms with E-state index in [4.69, 9.17) is 16.1 Å².